The number of hydrogen-bond donors (Lipinski definition) is 2. The standard InChI is InChI=1S/C9H15N3OS/c1-14-7-3-9(13)12-4-2-8-10-5-6-11-8/h5-6H,2-4,7H2,1H3,(H,10,11)(H,12,13). The lowest BCUT2D eigenvalue weighted by Crippen LogP contribution is -2.26. The molecule has 0 spiro atoms. The Bertz CT molecular complexity index is 261. The van der Waals surface area contributed by atoms with Crippen molar-refractivity contribution >= 4 is 17.7 Å². The molecule has 0 saturated carbocycles. The molecule has 0 atom stereocenters. The third-order valence-electron chi connectivity index (χ3n) is 1.77. The lowest BCUT2D eigenvalue weighted by Gasteiger charge is -2.02. The maximum absolute atomic E-state index is 11.2. The number of nitrogens with one attached hydrogen (secondary N) is 2. The lowest BCUT2D eigenvalue weighted by atomic mass is 10.4. The Hall–Kier alpha value is -0.970. The Kier molecular flexibility index (Phi) is 5.14. The molecule has 0 aromatic carbocycles. The van der Waals surface area contributed by atoms with Gasteiger partial charge in [-0.1, -0.05) is 0 Å². The number of H-pyrrole nitrogens is 1. The van der Waals surface area contributed by atoms with Gasteiger partial charge in [0.15, 0.2) is 0 Å². The number of aromatic nitrogens is 2. The van der Waals surface area contributed by atoms with Crippen LogP contribution >= 0.6 is 11.8 Å². The van der Waals surface area contributed by atoms with E-state index >= 15 is 0 Å². The van der Waals surface area contributed by atoms with Crippen molar-refractivity contribution < 1.29 is 4.79 Å². The first-order chi connectivity index (χ1) is 6.83. The summed E-state index contributed by atoms with van der Waals surface area (Å²) >= 11 is 1.68. The van der Waals surface area contributed by atoms with Gasteiger partial charge in [0.25, 0.3) is 0 Å². The molecule has 1 amide bonds. The summed E-state index contributed by atoms with van der Waals surface area (Å²) in [6.07, 6.45) is 6.85. The Labute approximate surface area is 87.9 Å². The third kappa shape index (κ3) is 4.32. The van der Waals surface area contributed by atoms with Gasteiger partial charge in [0.05, 0.1) is 0 Å². The highest BCUT2D eigenvalue weighted by Gasteiger charge is 2.00. The van der Waals surface area contributed by atoms with Crippen molar-refractivity contribution in [3.8, 4) is 0 Å². The Balaban J connectivity index is 2.06. The fourth-order valence-electron chi connectivity index (χ4n) is 1.04. The van der Waals surface area contributed by atoms with Crippen LogP contribution in [0.25, 0.3) is 0 Å². The predicted octanol–water partition coefficient (Wildman–Crippen LogP) is 0.821. The van der Waals surface area contributed by atoms with Crippen molar-refractivity contribution in [3.63, 3.8) is 0 Å². The molecule has 0 aliphatic heterocycles. The summed E-state index contributed by atoms with van der Waals surface area (Å²) in [4.78, 5) is 18.2. The Morgan fingerprint density at radius 1 is 1.71 bits per heavy atom. The number of carbonyl (C=O) groups excluding carboxylic acids is 1. The van der Waals surface area contributed by atoms with E-state index in [2.05, 4.69) is 15.3 Å². The molecule has 78 valence electrons. The molecular formula is C9H15N3OS. The van der Waals surface area contributed by atoms with Gasteiger partial charge in [-0.3, -0.25) is 4.79 Å². The molecule has 0 unspecified atom stereocenters. The van der Waals surface area contributed by atoms with E-state index in [1.165, 1.54) is 0 Å². The second kappa shape index (κ2) is 6.48. The minimum absolute atomic E-state index is 0.117. The first kappa shape index (κ1) is 11.1. The highest BCUT2D eigenvalue weighted by molar-refractivity contribution is 7.98. The summed E-state index contributed by atoms with van der Waals surface area (Å²) in [5.41, 5.74) is 0. The average Bonchev–Trinajstić information content (AvgIpc) is 2.67. The first-order valence-corrected chi connectivity index (χ1v) is 5.96. The van der Waals surface area contributed by atoms with E-state index in [0.29, 0.717) is 13.0 Å². The van der Waals surface area contributed by atoms with Crippen molar-refractivity contribution in [1.82, 2.24) is 15.3 Å². The smallest absolute Gasteiger partial charge is 0.220 e. The summed E-state index contributed by atoms with van der Waals surface area (Å²) in [6, 6.07) is 0. The molecule has 1 heterocycles. The van der Waals surface area contributed by atoms with Crippen LogP contribution < -0.4 is 5.32 Å². The average molecular weight is 213 g/mol. The molecule has 0 bridgehead atoms. The maximum Gasteiger partial charge on any atom is 0.220 e. The van der Waals surface area contributed by atoms with E-state index in [-0.39, 0.29) is 5.91 Å². The molecule has 0 aliphatic rings. The number of aromatic amines is 1. The number of rotatable bonds is 6. The van der Waals surface area contributed by atoms with Gasteiger partial charge in [-0.15, -0.1) is 0 Å². The topological polar surface area (TPSA) is 57.8 Å². The van der Waals surface area contributed by atoms with Crippen LogP contribution in [0.3, 0.4) is 0 Å². The van der Waals surface area contributed by atoms with E-state index in [1.807, 2.05) is 6.26 Å². The Morgan fingerprint density at radius 2 is 2.57 bits per heavy atom. The molecule has 0 aliphatic carbocycles. The van der Waals surface area contributed by atoms with E-state index in [1.54, 1.807) is 24.2 Å². The molecule has 0 radical (unpaired) electrons. The van der Waals surface area contributed by atoms with Gasteiger partial charge in [-0.05, 0) is 6.26 Å². The highest BCUT2D eigenvalue weighted by atomic mass is 32.2. The van der Waals surface area contributed by atoms with Crippen LogP contribution in [0, 0.1) is 0 Å². The zero-order valence-electron chi connectivity index (χ0n) is 8.25. The summed E-state index contributed by atoms with van der Waals surface area (Å²) in [5, 5.41) is 2.84. The molecule has 4 nitrogen and oxygen atoms in total. The van der Waals surface area contributed by atoms with Crippen LogP contribution in [-0.2, 0) is 11.2 Å². The van der Waals surface area contributed by atoms with Crippen molar-refractivity contribution in [2.45, 2.75) is 12.8 Å². The second-order valence-electron chi connectivity index (χ2n) is 2.88. The van der Waals surface area contributed by atoms with Crippen LogP contribution in [-0.4, -0.2) is 34.4 Å². The largest absolute Gasteiger partial charge is 0.356 e. The van der Waals surface area contributed by atoms with Gasteiger partial charge in [-0.25, -0.2) is 4.98 Å². The SMILES string of the molecule is CSCCC(=O)NCCc1ncc[nH]1. The van der Waals surface area contributed by atoms with Crippen LogP contribution in [0.4, 0.5) is 0 Å². The van der Waals surface area contributed by atoms with Crippen molar-refractivity contribution in [1.29, 1.82) is 0 Å². The van der Waals surface area contributed by atoms with Crippen molar-refractivity contribution in [2.24, 2.45) is 0 Å². The predicted molar refractivity (Wildman–Crippen MR) is 58.3 cm³/mol. The number of thioether (sulfide) groups is 1. The van der Waals surface area contributed by atoms with E-state index in [4.69, 9.17) is 0 Å². The number of hydrogen-bond acceptors (Lipinski definition) is 3. The van der Waals surface area contributed by atoms with Gasteiger partial charge >= 0.3 is 0 Å². The van der Waals surface area contributed by atoms with Gasteiger partial charge in [-0.2, -0.15) is 11.8 Å². The fourth-order valence-corrected chi connectivity index (χ4v) is 1.43. The fraction of sp³-hybridized carbons (Fsp3) is 0.556. The summed E-state index contributed by atoms with van der Waals surface area (Å²) in [5.74, 6) is 1.91. The molecule has 1 aromatic rings. The normalized spacial score (nSPS) is 10.1. The van der Waals surface area contributed by atoms with E-state index in [9.17, 15) is 4.79 Å². The van der Waals surface area contributed by atoms with Crippen molar-refractivity contribution in [3.05, 3.63) is 18.2 Å². The zero-order chi connectivity index (χ0) is 10.2. The zero-order valence-corrected chi connectivity index (χ0v) is 9.06. The summed E-state index contributed by atoms with van der Waals surface area (Å²) in [6.45, 7) is 0.653. The first-order valence-electron chi connectivity index (χ1n) is 4.57. The van der Waals surface area contributed by atoms with Crippen LogP contribution in [0.2, 0.25) is 0 Å². The van der Waals surface area contributed by atoms with E-state index < -0.39 is 0 Å². The molecular weight excluding hydrogens is 198 g/mol. The number of carbonyl (C=O) groups is 1. The molecule has 5 heteroatoms. The van der Waals surface area contributed by atoms with Gasteiger partial charge in [0.2, 0.25) is 5.91 Å². The molecule has 1 aromatic heterocycles. The minimum atomic E-state index is 0.117. The number of imidazole rings is 1. The Morgan fingerprint density at radius 3 is 3.21 bits per heavy atom. The molecule has 0 saturated heterocycles. The second-order valence-corrected chi connectivity index (χ2v) is 3.86. The number of nitrogens with zero attached hydrogens (tertiary/aromatic N) is 1. The van der Waals surface area contributed by atoms with Gasteiger partial charge in [0.1, 0.15) is 5.82 Å². The van der Waals surface area contributed by atoms with Gasteiger partial charge in [0, 0.05) is 37.5 Å². The summed E-state index contributed by atoms with van der Waals surface area (Å²) in [7, 11) is 0. The molecule has 14 heavy (non-hydrogen) atoms. The molecule has 2 N–H and O–H groups in total. The molecule has 1 rings (SSSR count). The maximum atomic E-state index is 11.2. The highest BCUT2D eigenvalue weighted by Crippen LogP contribution is 1.95. The van der Waals surface area contributed by atoms with Crippen molar-refractivity contribution in [2.75, 3.05) is 18.6 Å². The van der Waals surface area contributed by atoms with Gasteiger partial charge < -0.3 is 10.3 Å². The quantitative estimate of drug-likeness (QED) is 0.735. The summed E-state index contributed by atoms with van der Waals surface area (Å²) < 4.78 is 0. The third-order valence-corrected chi connectivity index (χ3v) is 2.38. The molecule has 0 fully saturated rings. The lowest BCUT2D eigenvalue weighted by molar-refractivity contribution is -0.120. The monoisotopic (exact) mass is 213 g/mol. The number of amides is 1. The van der Waals surface area contributed by atoms with E-state index in [0.717, 1.165) is 18.0 Å². The minimum Gasteiger partial charge on any atom is -0.356 e. The van der Waals surface area contributed by atoms with Crippen LogP contribution in [0.1, 0.15) is 12.2 Å². The van der Waals surface area contributed by atoms with Crippen LogP contribution in [0.15, 0.2) is 12.4 Å². The van der Waals surface area contributed by atoms with Crippen LogP contribution in [0.5, 0.6) is 0 Å².